The lowest BCUT2D eigenvalue weighted by Crippen LogP contribution is -2.05. The highest BCUT2D eigenvalue weighted by Gasteiger charge is 2.24. The van der Waals surface area contributed by atoms with E-state index in [1.807, 2.05) is 0 Å². The zero-order valence-electron chi connectivity index (χ0n) is 12.8. The van der Waals surface area contributed by atoms with Crippen LogP contribution in [0.3, 0.4) is 0 Å². The number of benzene rings is 1. The van der Waals surface area contributed by atoms with E-state index in [0.29, 0.717) is 11.8 Å². The summed E-state index contributed by atoms with van der Waals surface area (Å²) in [5.74, 6) is 0.947. The second kappa shape index (κ2) is 6.33. The Kier molecular flexibility index (Phi) is 4.28. The summed E-state index contributed by atoms with van der Waals surface area (Å²) in [6, 6.07) is 8.34. The Labute approximate surface area is 126 Å². The van der Waals surface area contributed by atoms with Gasteiger partial charge in [-0.2, -0.15) is 0 Å². The topological polar surface area (TPSA) is 52.0 Å². The number of rotatable bonds is 2. The first-order valence-electron chi connectivity index (χ1n) is 8.08. The zero-order valence-corrected chi connectivity index (χ0v) is 12.8. The van der Waals surface area contributed by atoms with Gasteiger partial charge in [-0.3, -0.25) is 0 Å². The summed E-state index contributed by atoms with van der Waals surface area (Å²) in [5.41, 5.74) is 10.6. The van der Waals surface area contributed by atoms with Gasteiger partial charge in [0, 0.05) is 5.92 Å². The Balaban J connectivity index is 1.98. The van der Waals surface area contributed by atoms with Gasteiger partial charge in [0.05, 0.1) is 11.3 Å². The summed E-state index contributed by atoms with van der Waals surface area (Å²) in [4.78, 5) is 0. The molecule has 0 unspecified atom stereocenters. The second-order valence-corrected chi connectivity index (χ2v) is 6.16. The predicted octanol–water partition coefficient (Wildman–Crippen LogP) is 5.06. The van der Waals surface area contributed by atoms with Gasteiger partial charge in [-0.25, -0.2) is 0 Å². The van der Waals surface area contributed by atoms with Gasteiger partial charge >= 0.3 is 0 Å². The largest absolute Gasteiger partial charge is 0.367 e. The fourth-order valence-corrected chi connectivity index (χ4v) is 3.45. The van der Waals surface area contributed by atoms with E-state index in [9.17, 15) is 0 Å². The van der Waals surface area contributed by atoms with E-state index in [1.165, 1.54) is 50.5 Å². The van der Waals surface area contributed by atoms with E-state index >= 15 is 0 Å². The molecule has 1 heterocycles. The van der Waals surface area contributed by atoms with Gasteiger partial charge < -0.3 is 10.3 Å². The molecule has 0 radical (unpaired) electrons. The molecular formula is C18H24N2O. The molecule has 3 nitrogen and oxygen atoms in total. The molecule has 1 aromatic heterocycles. The van der Waals surface area contributed by atoms with Gasteiger partial charge in [-0.05, 0) is 30.9 Å². The van der Waals surface area contributed by atoms with Crippen LogP contribution >= 0.6 is 0 Å². The highest BCUT2D eigenvalue weighted by molar-refractivity contribution is 5.77. The minimum Gasteiger partial charge on any atom is -0.367 e. The van der Waals surface area contributed by atoms with Crippen molar-refractivity contribution >= 4 is 5.88 Å². The second-order valence-electron chi connectivity index (χ2n) is 6.16. The summed E-state index contributed by atoms with van der Waals surface area (Å²) in [6.45, 7) is 2.11. The SMILES string of the molecule is Cc1ccccc1-c1c(C2CCCCCCC2)noc1N. The fourth-order valence-electron chi connectivity index (χ4n) is 3.45. The maximum atomic E-state index is 6.09. The van der Waals surface area contributed by atoms with Crippen molar-refractivity contribution in [1.29, 1.82) is 0 Å². The maximum absolute atomic E-state index is 6.09. The Morgan fingerprint density at radius 2 is 1.71 bits per heavy atom. The standard InChI is InChI=1S/C18H24N2O/c1-13-9-7-8-12-15(13)16-17(20-21-18(16)19)14-10-5-3-2-4-6-11-14/h7-9,12,14H,2-6,10-11,19H2,1H3. The third kappa shape index (κ3) is 2.97. The first-order valence-corrected chi connectivity index (χ1v) is 8.08. The lowest BCUT2D eigenvalue weighted by atomic mass is 9.85. The van der Waals surface area contributed by atoms with Gasteiger partial charge in [0.1, 0.15) is 0 Å². The average molecular weight is 284 g/mol. The monoisotopic (exact) mass is 284 g/mol. The number of aryl methyl sites for hydroxylation is 1. The predicted molar refractivity (Wildman–Crippen MR) is 86.1 cm³/mol. The van der Waals surface area contributed by atoms with Gasteiger partial charge in [-0.15, -0.1) is 0 Å². The maximum Gasteiger partial charge on any atom is 0.230 e. The van der Waals surface area contributed by atoms with Crippen LogP contribution in [0.4, 0.5) is 5.88 Å². The summed E-state index contributed by atoms with van der Waals surface area (Å²) < 4.78 is 5.36. The van der Waals surface area contributed by atoms with Crippen LogP contribution in [0, 0.1) is 6.92 Å². The molecule has 1 saturated carbocycles. The summed E-state index contributed by atoms with van der Waals surface area (Å²) >= 11 is 0. The van der Waals surface area contributed by atoms with Crippen molar-refractivity contribution in [3.8, 4) is 11.1 Å². The van der Waals surface area contributed by atoms with Crippen LogP contribution < -0.4 is 5.73 Å². The molecule has 0 amide bonds. The number of hydrogen-bond donors (Lipinski definition) is 1. The smallest absolute Gasteiger partial charge is 0.230 e. The van der Waals surface area contributed by atoms with Crippen molar-refractivity contribution in [1.82, 2.24) is 5.16 Å². The van der Waals surface area contributed by atoms with Crippen molar-refractivity contribution < 1.29 is 4.52 Å². The first-order chi connectivity index (χ1) is 10.3. The van der Waals surface area contributed by atoms with Crippen LogP contribution in [0.5, 0.6) is 0 Å². The van der Waals surface area contributed by atoms with Crippen molar-refractivity contribution in [2.45, 2.75) is 57.8 Å². The lowest BCUT2D eigenvalue weighted by molar-refractivity contribution is 0.395. The van der Waals surface area contributed by atoms with Crippen LogP contribution in [0.15, 0.2) is 28.8 Å². The first kappa shape index (κ1) is 14.2. The molecule has 0 bridgehead atoms. The van der Waals surface area contributed by atoms with Crippen LogP contribution in [0.25, 0.3) is 11.1 Å². The molecule has 1 aliphatic carbocycles. The molecule has 21 heavy (non-hydrogen) atoms. The van der Waals surface area contributed by atoms with Gasteiger partial charge in [0.25, 0.3) is 0 Å². The highest BCUT2D eigenvalue weighted by Crippen LogP contribution is 2.40. The Morgan fingerprint density at radius 3 is 2.43 bits per heavy atom. The normalized spacial score (nSPS) is 17.4. The average Bonchev–Trinajstić information content (AvgIpc) is 2.81. The molecule has 3 heteroatoms. The Morgan fingerprint density at radius 1 is 1.05 bits per heavy atom. The van der Waals surface area contributed by atoms with E-state index in [-0.39, 0.29) is 0 Å². The number of nitrogens with zero attached hydrogens (tertiary/aromatic N) is 1. The number of nitrogens with two attached hydrogens (primary N) is 1. The molecule has 0 aliphatic heterocycles. The van der Waals surface area contributed by atoms with E-state index in [1.54, 1.807) is 0 Å². The molecule has 2 aromatic rings. The third-order valence-electron chi connectivity index (χ3n) is 4.65. The number of nitrogen functional groups attached to an aromatic ring is 1. The van der Waals surface area contributed by atoms with E-state index in [4.69, 9.17) is 10.3 Å². The molecule has 3 rings (SSSR count). The van der Waals surface area contributed by atoms with Crippen molar-refractivity contribution in [3.05, 3.63) is 35.5 Å². The Hall–Kier alpha value is -1.77. The molecular weight excluding hydrogens is 260 g/mol. The van der Waals surface area contributed by atoms with Gasteiger partial charge in [0.15, 0.2) is 0 Å². The van der Waals surface area contributed by atoms with Gasteiger partial charge in [-0.1, -0.05) is 61.5 Å². The van der Waals surface area contributed by atoms with Crippen molar-refractivity contribution in [2.75, 3.05) is 5.73 Å². The van der Waals surface area contributed by atoms with E-state index < -0.39 is 0 Å². The molecule has 0 saturated heterocycles. The molecule has 2 N–H and O–H groups in total. The molecule has 1 aliphatic rings. The summed E-state index contributed by atoms with van der Waals surface area (Å²) in [7, 11) is 0. The summed E-state index contributed by atoms with van der Waals surface area (Å²) in [6.07, 6.45) is 9.01. The van der Waals surface area contributed by atoms with Crippen LogP contribution in [0.2, 0.25) is 0 Å². The van der Waals surface area contributed by atoms with Gasteiger partial charge in [0.2, 0.25) is 5.88 Å². The minimum absolute atomic E-state index is 0.460. The third-order valence-corrected chi connectivity index (χ3v) is 4.65. The minimum atomic E-state index is 0.460. The van der Waals surface area contributed by atoms with E-state index in [2.05, 4.69) is 36.3 Å². The van der Waals surface area contributed by atoms with Crippen molar-refractivity contribution in [3.63, 3.8) is 0 Å². The molecule has 112 valence electrons. The van der Waals surface area contributed by atoms with Crippen molar-refractivity contribution in [2.24, 2.45) is 0 Å². The lowest BCUT2D eigenvalue weighted by Gasteiger charge is -2.19. The quantitative estimate of drug-likeness (QED) is 0.838. The number of anilines is 1. The summed E-state index contributed by atoms with van der Waals surface area (Å²) in [5, 5.41) is 4.33. The molecule has 0 atom stereocenters. The number of aromatic nitrogens is 1. The van der Waals surface area contributed by atoms with Crippen LogP contribution in [-0.4, -0.2) is 5.16 Å². The number of hydrogen-bond acceptors (Lipinski definition) is 3. The van der Waals surface area contributed by atoms with Crippen LogP contribution in [-0.2, 0) is 0 Å². The zero-order chi connectivity index (χ0) is 14.7. The van der Waals surface area contributed by atoms with Crippen LogP contribution in [0.1, 0.15) is 62.1 Å². The molecule has 1 fully saturated rings. The van der Waals surface area contributed by atoms with E-state index in [0.717, 1.165) is 16.8 Å². The highest BCUT2D eigenvalue weighted by atomic mass is 16.5. The molecule has 1 aromatic carbocycles. The molecule has 0 spiro atoms. The Bertz CT molecular complexity index is 595. The fraction of sp³-hybridized carbons (Fsp3) is 0.500.